The van der Waals surface area contributed by atoms with Crippen molar-refractivity contribution in [1.82, 2.24) is 4.57 Å². The molecule has 2 aromatic heterocycles. The van der Waals surface area contributed by atoms with E-state index in [0.29, 0.717) is 11.3 Å². The summed E-state index contributed by atoms with van der Waals surface area (Å²) >= 11 is 0. The highest BCUT2D eigenvalue weighted by Gasteiger charge is 2.34. The van der Waals surface area contributed by atoms with Gasteiger partial charge in [0.2, 0.25) is 0 Å². The van der Waals surface area contributed by atoms with E-state index in [2.05, 4.69) is 0 Å². The minimum Gasteiger partial charge on any atom is -0.428 e. The van der Waals surface area contributed by atoms with Gasteiger partial charge in [-0.05, 0) is 24.4 Å². The van der Waals surface area contributed by atoms with E-state index in [-0.39, 0.29) is 23.3 Å². The summed E-state index contributed by atoms with van der Waals surface area (Å²) in [5, 5.41) is 0.858. The van der Waals surface area contributed by atoms with Gasteiger partial charge in [-0.25, -0.2) is 4.79 Å². The van der Waals surface area contributed by atoms with Crippen molar-refractivity contribution in [3.05, 3.63) is 74.1 Å². The minimum absolute atomic E-state index is 0.0750. The second-order valence-corrected chi connectivity index (χ2v) is 6.18. The lowest BCUT2D eigenvalue weighted by molar-refractivity contribution is -0.135. The quantitative estimate of drug-likeness (QED) is 0.636. The summed E-state index contributed by atoms with van der Waals surface area (Å²) in [5.74, 6) is -0.636. The second-order valence-electron chi connectivity index (χ2n) is 6.18. The average molecular weight is 337 g/mol. The molecule has 0 N–H and O–H groups in total. The van der Waals surface area contributed by atoms with Crippen LogP contribution in [0.25, 0.3) is 10.9 Å². The zero-order chi connectivity index (χ0) is 17.7. The standard InChI is InChI=1S/C19H15NO5/c1-10-7-15-17(19(23)24-10)12(9-16(21)25-15)13-8-11-5-3-4-6-14(11)20(2)18(13)22/h3-8,12H,9H2,1-2H3/t12-/m0/s1. The minimum atomic E-state index is -0.684. The van der Waals surface area contributed by atoms with Gasteiger partial charge in [0, 0.05) is 24.6 Å². The van der Waals surface area contributed by atoms with E-state index < -0.39 is 17.5 Å². The first-order valence-corrected chi connectivity index (χ1v) is 7.89. The fourth-order valence-corrected chi connectivity index (χ4v) is 3.39. The topological polar surface area (TPSA) is 78.5 Å². The highest BCUT2D eigenvalue weighted by molar-refractivity contribution is 5.81. The molecule has 0 spiro atoms. The zero-order valence-corrected chi connectivity index (χ0v) is 13.7. The predicted molar refractivity (Wildman–Crippen MR) is 91.0 cm³/mol. The Morgan fingerprint density at radius 2 is 1.88 bits per heavy atom. The molecule has 6 heteroatoms. The van der Waals surface area contributed by atoms with Crippen molar-refractivity contribution in [2.45, 2.75) is 19.3 Å². The van der Waals surface area contributed by atoms with Crippen LogP contribution in [-0.4, -0.2) is 10.5 Å². The maximum atomic E-state index is 12.9. The number of carbonyl (C=O) groups is 1. The number of pyridine rings is 1. The molecule has 126 valence electrons. The van der Waals surface area contributed by atoms with E-state index in [0.717, 1.165) is 10.9 Å². The summed E-state index contributed by atoms with van der Waals surface area (Å²) in [6.07, 6.45) is -0.0750. The van der Waals surface area contributed by atoms with Gasteiger partial charge in [-0.2, -0.15) is 0 Å². The Morgan fingerprint density at radius 1 is 1.12 bits per heavy atom. The number of rotatable bonds is 1. The molecule has 1 aliphatic heterocycles. The molecule has 0 bridgehead atoms. The van der Waals surface area contributed by atoms with Crippen LogP contribution in [0.4, 0.5) is 0 Å². The van der Waals surface area contributed by atoms with Crippen molar-refractivity contribution in [1.29, 1.82) is 0 Å². The molecule has 0 saturated heterocycles. The van der Waals surface area contributed by atoms with E-state index in [1.807, 2.05) is 24.3 Å². The van der Waals surface area contributed by atoms with Gasteiger partial charge < -0.3 is 13.7 Å². The van der Waals surface area contributed by atoms with Crippen molar-refractivity contribution in [2.75, 3.05) is 0 Å². The molecule has 4 rings (SSSR count). The highest BCUT2D eigenvalue weighted by atomic mass is 16.5. The molecule has 0 saturated carbocycles. The van der Waals surface area contributed by atoms with Crippen LogP contribution in [-0.2, 0) is 11.8 Å². The van der Waals surface area contributed by atoms with Gasteiger partial charge in [-0.3, -0.25) is 9.59 Å². The summed E-state index contributed by atoms with van der Waals surface area (Å²) in [6.45, 7) is 1.61. The number of para-hydroxylation sites is 1. The van der Waals surface area contributed by atoms with E-state index >= 15 is 0 Å². The smallest absolute Gasteiger partial charge is 0.343 e. The van der Waals surface area contributed by atoms with Crippen LogP contribution in [0.15, 0.2) is 50.4 Å². The Balaban J connectivity index is 2.02. The van der Waals surface area contributed by atoms with E-state index in [4.69, 9.17) is 9.15 Å². The van der Waals surface area contributed by atoms with Gasteiger partial charge in [0.25, 0.3) is 5.56 Å². The van der Waals surface area contributed by atoms with E-state index in [1.165, 1.54) is 10.6 Å². The third kappa shape index (κ3) is 2.38. The summed E-state index contributed by atoms with van der Waals surface area (Å²) in [7, 11) is 1.67. The molecule has 25 heavy (non-hydrogen) atoms. The Bertz CT molecular complexity index is 1140. The second kappa shape index (κ2) is 5.44. The molecule has 1 aromatic carbocycles. The molecule has 1 aliphatic rings. The number of ether oxygens (including phenoxy) is 1. The van der Waals surface area contributed by atoms with Gasteiger partial charge in [0.05, 0.1) is 17.5 Å². The fraction of sp³-hybridized carbons (Fsp3) is 0.211. The van der Waals surface area contributed by atoms with Gasteiger partial charge in [-0.15, -0.1) is 0 Å². The Labute approximate surface area is 142 Å². The van der Waals surface area contributed by atoms with Crippen molar-refractivity contribution < 1.29 is 13.9 Å². The lowest BCUT2D eigenvalue weighted by Gasteiger charge is -2.23. The number of hydrogen-bond acceptors (Lipinski definition) is 5. The third-order valence-corrected chi connectivity index (χ3v) is 4.55. The maximum Gasteiger partial charge on any atom is 0.343 e. The average Bonchev–Trinajstić information content (AvgIpc) is 2.56. The summed E-state index contributed by atoms with van der Waals surface area (Å²) < 4.78 is 11.9. The number of aromatic nitrogens is 1. The Morgan fingerprint density at radius 3 is 2.68 bits per heavy atom. The van der Waals surface area contributed by atoms with Crippen LogP contribution in [0, 0.1) is 6.92 Å². The molecular weight excluding hydrogens is 322 g/mol. The van der Waals surface area contributed by atoms with E-state index in [9.17, 15) is 14.4 Å². The lowest BCUT2D eigenvalue weighted by Crippen LogP contribution is -2.31. The van der Waals surface area contributed by atoms with Crippen LogP contribution in [0.1, 0.15) is 29.2 Å². The Hall–Kier alpha value is -3.15. The first-order chi connectivity index (χ1) is 12.0. The van der Waals surface area contributed by atoms with Crippen LogP contribution < -0.4 is 15.9 Å². The van der Waals surface area contributed by atoms with Crippen LogP contribution >= 0.6 is 0 Å². The normalized spacial score (nSPS) is 16.6. The molecule has 0 unspecified atom stereocenters. The molecule has 0 fully saturated rings. The van der Waals surface area contributed by atoms with Crippen molar-refractivity contribution in [3.63, 3.8) is 0 Å². The third-order valence-electron chi connectivity index (χ3n) is 4.55. The number of benzene rings is 1. The molecule has 0 aliphatic carbocycles. The number of nitrogens with zero attached hydrogens (tertiary/aromatic N) is 1. The maximum absolute atomic E-state index is 12.9. The first-order valence-electron chi connectivity index (χ1n) is 7.89. The van der Waals surface area contributed by atoms with Gasteiger partial charge in [-0.1, -0.05) is 18.2 Å². The van der Waals surface area contributed by atoms with Crippen LogP contribution in [0.2, 0.25) is 0 Å². The Kier molecular flexibility index (Phi) is 3.35. The van der Waals surface area contributed by atoms with Crippen molar-refractivity contribution in [3.8, 4) is 5.75 Å². The number of esters is 1. The molecular formula is C19H15NO5. The zero-order valence-electron chi connectivity index (χ0n) is 13.7. The van der Waals surface area contributed by atoms with Crippen LogP contribution in [0.3, 0.4) is 0 Å². The predicted octanol–water partition coefficient (Wildman–Crippen LogP) is 2.24. The summed E-state index contributed by atoms with van der Waals surface area (Å²) in [6, 6.07) is 10.7. The fourth-order valence-electron chi connectivity index (χ4n) is 3.39. The highest BCUT2D eigenvalue weighted by Crippen LogP contribution is 2.36. The molecule has 1 atom stereocenters. The van der Waals surface area contributed by atoms with Gasteiger partial charge in [0.1, 0.15) is 11.5 Å². The number of aryl methyl sites for hydroxylation is 2. The van der Waals surface area contributed by atoms with Gasteiger partial charge >= 0.3 is 11.6 Å². The van der Waals surface area contributed by atoms with Gasteiger partial charge in [0.15, 0.2) is 0 Å². The molecule has 6 nitrogen and oxygen atoms in total. The molecule has 0 radical (unpaired) electrons. The number of fused-ring (bicyclic) bond motifs is 2. The van der Waals surface area contributed by atoms with Crippen molar-refractivity contribution >= 4 is 16.9 Å². The number of hydrogen-bond donors (Lipinski definition) is 0. The van der Waals surface area contributed by atoms with Crippen LogP contribution in [0.5, 0.6) is 5.75 Å². The number of carbonyl (C=O) groups excluding carboxylic acids is 1. The monoisotopic (exact) mass is 337 g/mol. The first kappa shape index (κ1) is 15.4. The molecule has 3 heterocycles. The molecule has 3 aromatic rings. The van der Waals surface area contributed by atoms with E-state index in [1.54, 1.807) is 20.0 Å². The van der Waals surface area contributed by atoms with Crippen molar-refractivity contribution in [2.24, 2.45) is 7.05 Å². The summed E-state index contributed by atoms with van der Waals surface area (Å²) in [5.41, 5.74) is 0.561. The largest absolute Gasteiger partial charge is 0.428 e. The summed E-state index contributed by atoms with van der Waals surface area (Å²) in [4.78, 5) is 37.3. The lowest BCUT2D eigenvalue weighted by atomic mass is 9.87. The SMILES string of the molecule is Cc1cc2c(c(=O)o1)[C@H](c1cc3ccccc3n(C)c1=O)CC(=O)O2. The molecule has 0 amide bonds.